The number of carbonyl (C=O) groups excluding carboxylic acids is 2. The number of anilines is 1. The Kier molecular flexibility index (Phi) is 5.85. The minimum atomic E-state index is -0.476. The normalized spacial score (nSPS) is 16.3. The van der Waals surface area contributed by atoms with E-state index in [4.69, 9.17) is 11.6 Å². The van der Waals surface area contributed by atoms with Crippen LogP contribution < -0.4 is 5.32 Å². The number of hydrogen-bond acceptors (Lipinski definition) is 5. The van der Waals surface area contributed by atoms with E-state index in [0.717, 1.165) is 6.07 Å². The van der Waals surface area contributed by atoms with Crippen molar-refractivity contribution in [2.45, 2.75) is 13.0 Å². The Labute approximate surface area is 159 Å². The standard InChI is InChI=1S/C17H18ClFN4O2S/c1-11(15(24)21-17-20-4-9-26-17)22-5-7-23(8-6-22)16(25)13-3-2-12(19)10-14(13)18/h2-4,9-11H,5-8H2,1H3,(H,20,21,24). The first-order valence-corrected chi connectivity index (χ1v) is 9.40. The van der Waals surface area contributed by atoms with Gasteiger partial charge in [0, 0.05) is 37.8 Å². The Morgan fingerprint density at radius 3 is 2.65 bits per heavy atom. The summed E-state index contributed by atoms with van der Waals surface area (Å²) in [6.45, 7) is 3.91. The van der Waals surface area contributed by atoms with Gasteiger partial charge in [0.15, 0.2) is 5.13 Å². The predicted molar refractivity (Wildman–Crippen MR) is 99.1 cm³/mol. The van der Waals surface area contributed by atoms with Crippen LogP contribution in [0.3, 0.4) is 0 Å². The first-order valence-electron chi connectivity index (χ1n) is 8.14. The van der Waals surface area contributed by atoms with Gasteiger partial charge in [-0.1, -0.05) is 11.6 Å². The van der Waals surface area contributed by atoms with Gasteiger partial charge < -0.3 is 10.2 Å². The molecular weight excluding hydrogens is 379 g/mol. The average molecular weight is 397 g/mol. The summed E-state index contributed by atoms with van der Waals surface area (Å²) in [6.07, 6.45) is 1.63. The summed E-state index contributed by atoms with van der Waals surface area (Å²) < 4.78 is 13.1. The van der Waals surface area contributed by atoms with Gasteiger partial charge in [0.05, 0.1) is 16.6 Å². The van der Waals surface area contributed by atoms with Crippen LogP contribution in [0.2, 0.25) is 5.02 Å². The molecule has 138 valence electrons. The smallest absolute Gasteiger partial charge is 0.255 e. The number of thiazole rings is 1. The van der Waals surface area contributed by atoms with Crippen molar-refractivity contribution in [2.75, 3.05) is 31.5 Å². The minimum Gasteiger partial charge on any atom is -0.336 e. The van der Waals surface area contributed by atoms with Gasteiger partial charge in [-0.3, -0.25) is 14.5 Å². The number of aromatic nitrogens is 1. The molecule has 1 unspecified atom stereocenters. The molecule has 1 N–H and O–H groups in total. The van der Waals surface area contributed by atoms with Crippen LogP contribution in [0, 0.1) is 5.82 Å². The molecule has 1 fully saturated rings. The summed E-state index contributed by atoms with van der Waals surface area (Å²) in [5, 5.41) is 5.26. The molecule has 3 rings (SSSR count). The highest BCUT2D eigenvalue weighted by Crippen LogP contribution is 2.20. The monoisotopic (exact) mass is 396 g/mol. The summed E-state index contributed by atoms with van der Waals surface area (Å²) in [4.78, 5) is 32.6. The number of hydrogen-bond donors (Lipinski definition) is 1. The van der Waals surface area contributed by atoms with E-state index < -0.39 is 5.82 Å². The van der Waals surface area contributed by atoms with E-state index in [1.165, 1.54) is 23.5 Å². The molecule has 1 aliphatic rings. The van der Waals surface area contributed by atoms with Crippen molar-refractivity contribution in [3.63, 3.8) is 0 Å². The van der Waals surface area contributed by atoms with Crippen LogP contribution in [0.15, 0.2) is 29.8 Å². The first-order chi connectivity index (χ1) is 12.5. The quantitative estimate of drug-likeness (QED) is 0.863. The van der Waals surface area contributed by atoms with Gasteiger partial charge in [-0.2, -0.15) is 0 Å². The van der Waals surface area contributed by atoms with E-state index in [-0.39, 0.29) is 28.4 Å². The highest BCUT2D eigenvalue weighted by molar-refractivity contribution is 7.13. The molecule has 0 bridgehead atoms. The van der Waals surface area contributed by atoms with Crippen molar-refractivity contribution in [1.29, 1.82) is 0 Å². The Morgan fingerprint density at radius 1 is 1.31 bits per heavy atom. The molecule has 1 aliphatic heterocycles. The number of benzene rings is 1. The Bertz CT molecular complexity index is 794. The van der Waals surface area contributed by atoms with E-state index in [2.05, 4.69) is 10.3 Å². The van der Waals surface area contributed by atoms with Crippen LogP contribution in [0.1, 0.15) is 17.3 Å². The SMILES string of the molecule is CC(C(=O)Nc1nccs1)N1CCN(C(=O)c2ccc(F)cc2Cl)CC1. The molecule has 0 aliphatic carbocycles. The van der Waals surface area contributed by atoms with Crippen LogP contribution in [-0.4, -0.2) is 58.8 Å². The zero-order chi connectivity index (χ0) is 18.7. The second-order valence-corrected chi connectivity index (χ2v) is 7.26. The van der Waals surface area contributed by atoms with Crippen LogP contribution >= 0.6 is 22.9 Å². The molecule has 1 aromatic heterocycles. The van der Waals surface area contributed by atoms with Crippen molar-refractivity contribution in [3.8, 4) is 0 Å². The van der Waals surface area contributed by atoms with Crippen LogP contribution in [0.25, 0.3) is 0 Å². The number of nitrogens with one attached hydrogen (secondary N) is 1. The summed E-state index contributed by atoms with van der Waals surface area (Å²) in [6, 6.07) is 3.43. The van der Waals surface area contributed by atoms with Crippen molar-refractivity contribution in [3.05, 3.63) is 46.2 Å². The molecule has 2 heterocycles. The van der Waals surface area contributed by atoms with Crippen LogP contribution in [0.5, 0.6) is 0 Å². The Hall–Kier alpha value is -2.03. The molecule has 1 aromatic carbocycles. The summed E-state index contributed by atoms with van der Waals surface area (Å²) in [7, 11) is 0. The van der Waals surface area contributed by atoms with Crippen LogP contribution in [0.4, 0.5) is 9.52 Å². The van der Waals surface area contributed by atoms with Crippen molar-refractivity contribution in [1.82, 2.24) is 14.8 Å². The van der Waals surface area contributed by atoms with E-state index >= 15 is 0 Å². The largest absolute Gasteiger partial charge is 0.336 e. The van der Waals surface area contributed by atoms with Gasteiger partial charge in [0.25, 0.3) is 5.91 Å². The number of nitrogens with zero attached hydrogens (tertiary/aromatic N) is 3. The lowest BCUT2D eigenvalue weighted by atomic mass is 10.1. The third kappa shape index (κ3) is 4.20. The molecule has 6 nitrogen and oxygen atoms in total. The van der Waals surface area contributed by atoms with Gasteiger partial charge in [-0.05, 0) is 25.1 Å². The van der Waals surface area contributed by atoms with Gasteiger partial charge in [-0.25, -0.2) is 9.37 Å². The first kappa shape index (κ1) is 18.8. The van der Waals surface area contributed by atoms with Gasteiger partial charge in [0.2, 0.25) is 5.91 Å². The lowest BCUT2D eigenvalue weighted by Gasteiger charge is -2.37. The number of halogens is 2. The van der Waals surface area contributed by atoms with Crippen LogP contribution in [-0.2, 0) is 4.79 Å². The second kappa shape index (κ2) is 8.11. The number of piperazine rings is 1. The van der Waals surface area contributed by atoms with E-state index in [9.17, 15) is 14.0 Å². The van der Waals surface area contributed by atoms with Gasteiger partial charge >= 0.3 is 0 Å². The summed E-state index contributed by atoms with van der Waals surface area (Å²) in [5.74, 6) is -0.827. The lowest BCUT2D eigenvalue weighted by Crippen LogP contribution is -2.54. The fraction of sp³-hybridized carbons (Fsp3) is 0.353. The minimum absolute atomic E-state index is 0.105. The van der Waals surface area contributed by atoms with Crippen molar-refractivity contribution < 1.29 is 14.0 Å². The highest BCUT2D eigenvalue weighted by atomic mass is 35.5. The fourth-order valence-corrected chi connectivity index (χ4v) is 3.59. The summed E-state index contributed by atoms with van der Waals surface area (Å²) in [5.41, 5.74) is 0.288. The maximum absolute atomic E-state index is 13.1. The molecule has 0 spiro atoms. The number of amides is 2. The second-order valence-electron chi connectivity index (χ2n) is 5.95. The van der Waals surface area contributed by atoms with Gasteiger partial charge in [0.1, 0.15) is 5.82 Å². The molecule has 1 atom stereocenters. The van der Waals surface area contributed by atoms with Crippen molar-refractivity contribution >= 4 is 39.9 Å². The van der Waals surface area contributed by atoms with E-state index in [0.29, 0.717) is 31.3 Å². The topological polar surface area (TPSA) is 65.5 Å². The van der Waals surface area contributed by atoms with E-state index in [1.54, 1.807) is 16.5 Å². The fourth-order valence-electron chi connectivity index (χ4n) is 2.81. The number of rotatable bonds is 4. The molecule has 1 saturated heterocycles. The molecular formula is C17H18ClFN4O2S. The third-order valence-electron chi connectivity index (χ3n) is 4.35. The third-order valence-corrected chi connectivity index (χ3v) is 5.35. The summed E-state index contributed by atoms with van der Waals surface area (Å²) >= 11 is 7.34. The molecule has 2 aromatic rings. The zero-order valence-corrected chi connectivity index (χ0v) is 15.7. The molecule has 9 heteroatoms. The molecule has 0 radical (unpaired) electrons. The van der Waals surface area contributed by atoms with E-state index in [1.807, 2.05) is 11.8 Å². The maximum atomic E-state index is 13.1. The highest BCUT2D eigenvalue weighted by Gasteiger charge is 2.28. The van der Waals surface area contributed by atoms with Crippen molar-refractivity contribution in [2.24, 2.45) is 0 Å². The average Bonchev–Trinajstić information content (AvgIpc) is 3.13. The van der Waals surface area contributed by atoms with Gasteiger partial charge in [-0.15, -0.1) is 11.3 Å². The predicted octanol–water partition coefficient (Wildman–Crippen LogP) is 2.72. The molecule has 0 saturated carbocycles. The maximum Gasteiger partial charge on any atom is 0.255 e. The molecule has 26 heavy (non-hydrogen) atoms. The zero-order valence-electron chi connectivity index (χ0n) is 14.1. The lowest BCUT2D eigenvalue weighted by molar-refractivity contribution is -0.121. The Morgan fingerprint density at radius 2 is 2.04 bits per heavy atom. The number of carbonyl (C=O) groups is 2. The molecule has 2 amide bonds. The Balaban J connectivity index is 1.56.